The van der Waals surface area contributed by atoms with Crippen LogP contribution in [0.1, 0.15) is 22.9 Å². The third kappa shape index (κ3) is 2.29. The average Bonchev–Trinajstić information content (AvgIpc) is 3.23. The molecule has 1 atom stereocenters. The predicted octanol–water partition coefficient (Wildman–Crippen LogP) is 5.13. The van der Waals surface area contributed by atoms with Crippen LogP contribution < -0.4 is 0 Å². The van der Waals surface area contributed by atoms with Gasteiger partial charge in [-0.1, -0.05) is 66.7 Å². The zero-order chi connectivity index (χ0) is 16.6. The SMILES string of the molecule is CC1(c2cccs2)OC(=O)C(c2ccccc2)=C1c1ccccc1. The number of benzene rings is 2. The Balaban J connectivity index is 2.02. The molecular weight excluding hydrogens is 316 g/mol. The van der Waals surface area contributed by atoms with Crippen molar-refractivity contribution < 1.29 is 9.53 Å². The second kappa shape index (κ2) is 5.77. The molecule has 4 rings (SSSR count). The van der Waals surface area contributed by atoms with Gasteiger partial charge in [-0.05, 0) is 29.5 Å². The van der Waals surface area contributed by atoms with Crippen molar-refractivity contribution in [1.82, 2.24) is 0 Å². The summed E-state index contributed by atoms with van der Waals surface area (Å²) in [7, 11) is 0. The van der Waals surface area contributed by atoms with Crippen LogP contribution in [0, 0.1) is 0 Å². The van der Waals surface area contributed by atoms with E-state index in [1.807, 2.05) is 85.1 Å². The number of carbonyl (C=O) groups is 1. The number of hydrogen-bond acceptors (Lipinski definition) is 3. The first-order valence-electron chi connectivity index (χ1n) is 7.83. The van der Waals surface area contributed by atoms with Gasteiger partial charge >= 0.3 is 5.97 Å². The highest BCUT2D eigenvalue weighted by molar-refractivity contribution is 7.10. The summed E-state index contributed by atoms with van der Waals surface area (Å²) >= 11 is 1.61. The van der Waals surface area contributed by atoms with E-state index in [-0.39, 0.29) is 5.97 Å². The van der Waals surface area contributed by atoms with Gasteiger partial charge < -0.3 is 4.74 Å². The average molecular weight is 332 g/mol. The minimum Gasteiger partial charge on any atom is -0.445 e. The molecule has 24 heavy (non-hydrogen) atoms. The van der Waals surface area contributed by atoms with E-state index in [4.69, 9.17) is 4.74 Å². The maximum Gasteiger partial charge on any atom is 0.340 e. The Kier molecular flexibility index (Phi) is 3.58. The van der Waals surface area contributed by atoms with Crippen LogP contribution in [0.3, 0.4) is 0 Å². The van der Waals surface area contributed by atoms with Crippen molar-refractivity contribution >= 4 is 28.5 Å². The van der Waals surface area contributed by atoms with Crippen molar-refractivity contribution in [2.45, 2.75) is 12.5 Å². The van der Waals surface area contributed by atoms with Gasteiger partial charge in [-0.15, -0.1) is 11.3 Å². The molecule has 0 N–H and O–H groups in total. The van der Waals surface area contributed by atoms with Gasteiger partial charge in [-0.2, -0.15) is 0 Å². The first-order valence-corrected chi connectivity index (χ1v) is 8.71. The fraction of sp³-hybridized carbons (Fsp3) is 0.0952. The molecule has 0 fully saturated rings. The van der Waals surface area contributed by atoms with Crippen molar-refractivity contribution in [2.75, 3.05) is 0 Å². The van der Waals surface area contributed by atoms with Crippen LogP contribution >= 0.6 is 11.3 Å². The molecule has 0 saturated carbocycles. The summed E-state index contributed by atoms with van der Waals surface area (Å²) in [6, 6.07) is 23.8. The molecular formula is C21H16O2S. The smallest absolute Gasteiger partial charge is 0.340 e. The molecule has 0 amide bonds. The third-order valence-corrected chi connectivity index (χ3v) is 5.42. The summed E-state index contributed by atoms with van der Waals surface area (Å²) < 4.78 is 5.92. The van der Waals surface area contributed by atoms with Gasteiger partial charge in [0.1, 0.15) is 0 Å². The molecule has 0 bridgehead atoms. The van der Waals surface area contributed by atoms with Gasteiger partial charge in [0.2, 0.25) is 0 Å². The number of rotatable bonds is 3. The lowest BCUT2D eigenvalue weighted by molar-refractivity contribution is -0.143. The van der Waals surface area contributed by atoms with Gasteiger partial charge in [0.25, 0.3) is 0 Å². The summed E-state index contributed by atoms with van der Waals surface area (Å²) in [6.45, 7) is 1.98. The van der Waals surface area contributed by atoms with Crippen molar-refractivity contribution in [1.29, 1.82) is 0 Å². The number of thiophene rings is 1. The van der Waals surface area contributed by atoms with Gasteiger partial charge in [0, 0.05) is 5.57 Å². The van der Waals surface area contributed by atoms with Crippen molar-refractivity contribution in [3.05, 3.63) is 94.2 Å². The minimum atomic E-state index is -0.766. The zero-order valence-electron chi connectivity index (χ0n) is 13.2. The quantitative estimate of drug-likeness (QED) is 0.621. The summed E-state index contributed by atoms with van der Waals surface area (Å²) in [5.41, 5.74) is 2.72. The highest BCUT2D eigenvalue weighted by Gasteiger charge is 2.46. The van der Waals surface area contributed by atoms with Crippen LogP contribution in [0.2, 0.25) is 0 Å². The van der Waals surface area contributed by atoms with Crippen LogP contribution in [0.4, 0.5) is 0 Å². The molecule has 1 aliphatic heterocycles. The standard InChI is InChI=1S/C21H16O2S/c1-21(17-13-8-14-24-17)19(16-11-6-3-7-12-16)18(20(22)23-21)15-9-4-2-5-10-15/h2-14H,1H3. The summed E-state index contributed by atoms with van der Waals surface area (Å²) in [5.74, 6) is -0.268. The lowest BCUT2D eigenvalue weighted by Gasteiger charge is -2.26. The van der Waals surface area contributed by atoms with Crippen molar-refractivity contribution in [2.24, 2.45) is 0 Å². The molecule has 0 radical (unpaired) electrons. The fourth-order valence-corrected chi connectivity index (χ4v) is 4.07. The van der Waals surface area contributed by atoms with Crippen LogP contribution in [-0.2, 0) is 15.1 Å². The van der Waals surface area contributed by atoms with Crippen LogP contribution in [-0.4, -0.2) is 5.97 Å². The highest BCUT2D eigenvalue weighted by atomic mass is 32.1. The van der Waals surface area contributed by atoms with E-state index in [2.05, 4.69) is 0 Å². The van der Waals surface area contributed by atoms with E-state index in [0.717, 1.165) is 21.6 Å². The van der Waals surface area contributed by atoms with Gasteiger partial charge in [-0.25, -0.2) is 4.79 Å². The second-order valence-electron chi connectivity index (χ2n) is 5.88. The van der Waals surface area contributed by atoms with E-state index in [1.54, 1.807) is 11.3 Å². The van der Waals surface area contributed by atoms with E-state index in [0.29, 0.717) is 5.57 Å². The van der Waals surface area contributed by atoms with Crippen molar-refractivity contribution in [3.8, 4) is 0 Å². The van der Waals surface area contributed by atoms with Crippen LogP contribution in [0.15, 0.2) is 78.2 Å². The normalized spacial score (nSPS) is 20.3. The van der Waals surface area contributed by atoms with E-state index >= 15 is 0 Å². The second-order valence-corrected chi connectivity index (χ2v) is 6.83. The summed E-state index contributed by atoms with van der Waals surface area (Å²) in [4.78, 5) is 13.8. The highest BCUT2D eigenvalue weighted by Crippen LogP contribution is 2.50. The lowest BCUT2D eigenvalue weighted by Crippen LogP contribution is -2.23. The van der Waals surface area contributed by atoms with E-state index in [1.165, 1.54) is 0 Å². The number of ether oxygens (including phenoxy) is 1. The molecule has 0 aliphatic carbocycles. The number of hydrogen-bond donors (Lipinski definition) is 0. The zero-order valence-corrected chi connectivity index (χ0v) is 14.0. The molecule has 2 heterocycles. The first-order chi connectivity index (χ1) is 11.7. The Morgan fingerprint density at radius 2 is 1.46 bits per heavy atom. The topological polar surface area (TPSA) is 26.3 Å². The lowest BCUT2D eigenvalue weighted by atomic mass is 9.85. The van der Waals surface area contributed by atoms with E-state index < -0.39 is 5.60 Å². The molecule has 1 unspecified atom stereocenters. The maximum atomic E-state index is 12.8. The predicted molar refractivity (Wildman–Crippen MR) is 97.5 cm³/mol. The Hall–Kier alpha value is -2.65. The summed E-state index contributed by atoms with van der Waals surface area (Å²) in [6.07, 6.45) is 0. The Labute approximate surface area is 145 Å². The van der Waals surface area contributed by atoms with Gasteiger partial charge in [-0.3, -0.25) is 0 Å². The molecule has 3 heteroatoms. The maximum absolute atomic E-state index is 12.8. The molecule has 1 aliphatic rings. The molecule has 2 nitrogen and oxygen atoms in total. The fourth-order valence-electron chi connectivity index (χ4n) is 3.24. The minimum absolute atomic E-state index is 0.268. The summed E-state index contributed by atoms with van der Waals surface area (Å²) in [5, 5.41) is 2.01. The van der Waals surface area contributed by atoms with Crippen LogP contribution in [0.25, 0.3) is 11.1 Å². The third-order valence-electron chi connectivity index (χ3n) is 4.34. The molecule has 1 aromatic heterocycles. The van der Waals surface area contributed by atoms with Gasteiger partial charge in [0.05, 0.1) is 10.5 Å². The molecule has 0 saturated heterocycles. The van der Waals surface area contributed by atoms with Crippen molar-refractivity contribution in [3.63, 3.8) is 0 Å². The Morgan fingerprint density at radius 3 is 2.04 bits per heavy atom. The number of cyclic esters (lactones) is 1. The molecule has 2 aromatic carbocycles. The largest absolute Gasteiger partial charge is 0.445 e. The molecule has 118 valence electrons. The Morgan fingerprint density at radius 1 is 0.833 bits per heavy atom. The van der Waals surface area contributed by atoms with E-state index in [9.17, 15) is 4.79 Å². The monoisotopic (exact) mass is 332 g/mol. The van der Waals surface area contributed by atoms with Gasteiger partial charge in [0.15, 0.2) is 5.60 Å². The number of carbonyl (C=O) groups excluding carboxylic acids is 1. The Bertz CT molecular complexity index is 896. The number of esters is 1. The first kappa shape index (κ1) is 14.9. The molecule has 0 spiro atoms. The molecule has 3 aromatic rings. The van der Waals surface area contributed by atoms with Crippen LogP contribution in [0.5, 0.6) is 0 Å².